The molecular formula is C24H19N9. The summed E-state index contributed by atoms with van der Waals surface area (Å²) >= 11 is 0. The first-order chi connectivity index (χ1) is 16.2. The van der Waals surface area contributed by atoms with Gasteiger partial charge in [-0.15, -0.1) is 0 Å². The Bertz CT molecular complexity index is 1600. The van der Waals surface area contributed by atoms with E-state index < -0.39 is 0 Å². The van der Waals surface area contributed by atoms with Crippen LogP contribution in [0.25, 0.3) is 56.0 Å². The number of nitrogens with one attached hydrogen (secondary N) is 2. The first-order valence-corrected chi connectivity index (χ1v) is 10.4. The van der Waals surface area contributed by atoms with Gasteiger partial charge in [-0.3, -0.25) is 20.1 Å². The second kappa shape index (κ2) is 7.49. The molecule has 0 fully saturated rings. The molecule has 0 aliphatic carbocycles. The zero-order valence-corrected chi connectivity index (χ0v) is 18.0. The van der Waals surface area contributed by atoms with Gasteiger partial charge in [-0.05, 0) is 35.9 Å². The Kier molecular flexibility index (Phi) is 4.32. The Morgan fingerprint density at radius 2 is 1.61 bits per heavy atom. The van der Waals surface area contributed by atoms with E-state index in [2.05, 4.69) is 36.2 Å². The van der Waals surface area contributed by atoms with Crippen LogP contribution < -0.4 is 4.90 Å². The van der Waals surface area contributed by atoms with E-state index in [9.17, 15) is 0 Å². The summed E-state index contributed by atoms with van der Waals surface area (Å²) < 4.78 is 0. The van der Waals surface area contributed by atoms with Crippen LogP contribution in [0.4, 0.5) is 5.69 Å². The number of fused-ring (bicyclic) bond motifs is 2. The minimum absolute atomic E-state index is 0.629. The molecule has 0 aromatic carbocycles. The second-order valence-corrected chi connectivity index (χ2v) is 7.90. The zero-order valence-electron chi connectivity index (χ0n) is 18.0. The second-order valence-electron chi connectivity index (χ2n) is 7.90. The number of imidazole rings is 1. The van der Waals surface area contributed by atoms with Crippen LogP contribution in [0, 0.1) is 0 Å². The molecule has 0 aliphatic heterocycles. The highest BCUT2D eigenvalue weighted by Gasteiger charge is 2.17. The predicted molar refractivity (Wildman–Crippen MR) is 128 cm³/mol. The van der Waals surface area contributed by atoms with E-state index in [4.69, 9.17) is 9.97 Å². The van der Waals surface area contributed by atoms with Gasteiger partial charge in [0.1, 0.15) is 5.52 Å². The van der Waals surface area contributed by atoms with E-state index >= 15 is 0 Å². The number of aromatic amines is 2. The van der Waals surface area contributed by atoms with Gasteiger partial charge >= 0.3 is 0 Å². The van der Waals surface area contributed by atoms with Crippen molar-refractivity contribution in [3.05, 3.63) is 67.5 Å². The largest absolute Gasteiger partial charge is 0.376 e. The average molecular weight is 433 g/mol. The predicted octanol–water partition coefficient (Wildman–Crippen LogP) is 4.09. The molecule has 0 amide bonds. The molecule has 0 bridgehead atoms. The molecule has 33 heavy (non-hydrogen) atoms. The van der Waals surface area contributed by atoms with E-state index in [0.29, 0.717) is 11.5 Å². The molecule has 0 aliphatic rings. The lowest BCUT2D eigenvalue weighted by atomic mass is 10.1. The smallest absolute Gasteiger partial charge is 0.161 e. The highest BCUT2D eigenvalue weighted by Crippen LogP contribution is 2.31. The molecule has 6 aromatic rings. The highest BCUT2D eigenvalue weighted by molar-refractivity contribution is 5.95. The van der Waals surface area contributed by atoms with E-state index in [1.54, 1.807) is 18.6 Å². The number of pyridine rings is 4. The van der Waals surface area contributed by atoms with Crippen molar-refractivity contribution >= 4 is 27.8 Å². The summed E-state index contributed by atoms with van der Waals surface area (Å²) in [6.45, 7) is 0. The quantitative estimate of drug-likeness (QED) is 0.431. The third-order valence-corrected chi connectivity index (χ3v) is 5.55. The summed E-state index contributed by atoms with van der Waals surface area (Å²) in [6.07, 6.45) is 10.7. The van der Waals surface area contributed by atoms with Crippen LogP contribution in [0.3, 0.4) is 0 Å². The summed E-state index contributed by atoms with van der Waals surface area (Å²) in [7, 11) is 3.98. The third kappa shape index (κ3) is 3.26. The Morgan fingerprint density at radius 3 is 2.45 bits per heavy atom. The van der Waals surface area contributed by atoms with Gasteiger partial charge in [-0.1, -0.05) is 0 Å². The fourth-order valence-electron chi connectivity index (χ4n) is 3.83. The van der Waals surface area contributed by atoms with Gasteiger partial charge in [0.15, 0.2) is 11.5 Å². The Morgan fingerprint density at radius 1 is 0.758 bits per heavy atom. The van der Waals surface area contributed by atoms with Crippen molar-refractivity contribution in [3.63, 3.8) is 0 Å². The summed E-state index contributed by atoms with van der Waals surface area (Å²) in [6, 6.07) is 9.89. The normalized spacial score (nSPS) is 11.3. The van der Waals surface area contributed by atoms with E-state index in [1.165, 1.54) is 0 Å². The van der Waals surface area contributed by atoms with E-state index in [1.807, 2.05) is 61.9 Å². The minimum Gasteiger partial charge on any atom is -0.376 e. The van der Waals surface area contributed by atoms with Crippen LogP contribution in [-0.4, -0.2) is 54.2 Å². The maximum absolute atomic E-state index is 4.90. The Labute approximate surface area is 188 Å². The molecule has 6 rings (SSSR count). The molecule has 9 heteroatoms. The van der Waals surface area contributed by atoms with Crippen molar-refractivity contribution in [3.8, 4) is 33.9 Å². The minimum atomic E-state index is 0.629. The van der Waals surface area contributed by atoms with Crippen LogP contribution in [0.1, 0.15) is 0 Å². The van der Waals surface area contributed by atoms with Gasteiger partial charge in [-0.25, -0.2) is 9.97 Å². The standard InChI is InChI=1S/C24H19N9/c1-33(2)16-9-15(10-26-11-16)18-3-4-19-22(28-18)23(32-31-19)24-29-20-13-27-12-17(21(20)30-24)14-5-7-25-8-6-14/h3-13H,1-2H3,(H,29,30)(H,31,32). The zero-order chi connectivity index (χ0) is 22.4. The van der Waals surface area contributed by atoms with Crippen LogP contribution in [-0.2, 0) is 0 Å². The summed E-state index contributed by atoms with van der Waals surface area (Å²) in [5.74, 6) is 0.629. The number of H-pyrrole nitrogens is 2. The monoisotopic (exact) mass is 433 g/mol. The molecule has 0 unspecified atom stereocenters. The van der Waals surface area contributed by atoms with Crippen molar-refractivity contribution in [1.82, 2.24) is 40.1 Å². The van der Waals surface area contributed by atoms with Gasteiger partial charge in [0, 0.05) is 50.0 Å². The van der Waals surface area contributed by atoms with Crippen molar-refractivity contribution in [2.45, 2.75) is 0 Å². The van der Waals surface area contributed by atoms with Gasteiger partial charge < -0.3 is 9.88 Å². The first kappa shape index (κ1) is 19.1. The van der Waals surface area contributed by atoms with Gasteiger partial charge in [0.25, 0.3) is 0 Å². The molecule has 0 spiro atoms. The first-order valence-electron chi connectivity index (χ1n) is 10.4. The number of hydrogen-bond donors (Lipinski definition) is 2. The Balaban J connectivity index is 1.48. The van der Waals surface area contributed by atoms with E-state index in [-0.39, 0.29) is 0 Å². The van der Waals surface area contributed by atoms with Crippen LogP contribution >= 0.6 is 0 Å². The Hall–Kier alpha value is -4.66. The maximum Gasteiger partial charge on any atom is 0.161 e. The average Bonchev–Trinajstić information content (AvgIpc) is 3.48. The van der Waals surface area contributed by atoms with Crippen molar-refractivity contribution in [2.75, 3.05) is 19.0 Å². The summed E-state index contributed by atoms with van der Waals surface area (Å²) in [4.78, 5) is 28.0. The van der Waals surface area contributed by atoms with E-state index in [0.717, 1.165) is 50.1 Å². The topological polar surface area (TPSA) is 112 Å². The number of aromatic nitrogens is 8. The summed E-state index contributed by atoms with van der Waals surface area (Å²) in [5, 5.41) is 7.57. The van der Waals surface area contributed by atoms with Crippen LogP contribution in [0.5, 0.6) is 0 Å². The van der Waals surface area contributed by atoms with Gasteiger partial charge in [0.05, 0.1) is 40.3 Å². The molecule has 0 saturated carbocycles. The third-order valence-electron chi connectivity index (χ3n) is 5.55. The van der Waals surface area contributed by atoms with Crippen LogP contribution in [0.15, 0.2) is 67.5 Å². The lowest BCUT2D eigenvalue weighted by molar-refractivity contribution is 1.10. The van der Waals surface area contributed by atoms with Gasteiger partial charge in [0.2, 0.25) is 0 Å². The number of nitrogens with zero attached hydrogens (tertiary/aromatic N) is 7. The lowest BCUT2D eigenvalue weighted by Gasteiger charge is -2.12. The van der Waals surface area contributed by atoms with Crippen molar-refractivity contribution in [1.29, 1.82) is 0 Å². The molecule has 9 nitrogen and oxygen atoms in total. The number of rotatable bonds is 4. The molecular weight excluding hydrogens is 414 g/mol. The number of anilines is 1. The summed E-state index contributed by atoms with van der Waals surface area (Å²) in [5.41, 5.74) is 8.56. The molecule has 0 saturated heterocycles. The molecule has 0 radical (unpaired) electrons. The maximum atomic E-state index is 4.90. The SMILES string of the molecule is CN(C)c1cncc(-c2ccc3[nH]nc(-c4nc5c(-c6ccncc6)cncc5[nH]4)c3n2)c1. The fraction of sp³-hybridized carbons (Fsp3) is 0.0833. The van der Waals surface area contributed by atoms with Crippen molar-refractivity contribution < 1.29 is 0 Å². The van der Waals surface area contributed by atoms with Gasteiger partial charge in [-0.2, -0.15) is 5.10 Å². The highest BCUT2D eigenvalue weighted by atomic mass is 15.2. The van der Waals surface area contributed by atoms with Crippen LogP contribution in [0.2, 0.25) is 0 Å². The molecule has 6 aromatic heterocycles. The van der Waals surface area contributed by atoms with Crippen molar-refractivity contribution in [2.24, 2.45) is 0 Å². The molecule has 0 atom stereocenters. The molecule has 160 valence electrons. The molecule has 6 heterocycles. The molecule has 2 N–H and O–H groups in total. The number of hydrogen-bond acceptors (Lipinski definition) is 7. The fourth-order valence-corrected chi connectivity index (χ4v) is 3.83. The lowest BCUT2D eigenvalue weighted by Crippen LogP contribution is -2.08.